The van der Waals surface area contributed by atoms with Crippen molar-refractivity contribution in [3.05, 3.63) is 60.1 Å². The minimum Gasteiger partial charge on any atom is -0.465 e. The van der Waals surface area contributed by atoms with Crippen LogP contribution in [0.25, 0.3) is 11.6 Å². The summed E-state index contributed by atoms with van der Waals surface area (Å²) in [5.41, 5.74) is 8.50. The molecule has 1 heterocycles. The predicted molar refractivity (Wildman–Crippen MR) is 83.2 cm³/mol. The molecule has 2 rings (SSSR count). The van der Waals surface area contributed by atoms with E-state index in [0.29, 0.717) is 0 Å². The first-order valence-corrected chi connectivity index (χ1v) is 6.34. The molecule has 19 heavy (non-hydrogen) atoms. The van der Waals surface area contributed by atoms with E-state index in [1.807, 2.05) is 30.3 Å². The summed E-state index contributed by atoms with van der Waals surface area (Å²) in [5, 5.41) is 0. The van der Waals surface area contributed by atoms with Crippen LogP contribution in [0.1, 0.15) is 31.1 Å². The van der Waals surface area contributed by atoms with Crippen LogP contribution in [0.15, 0.2) is 53.1 Å². The Morgan fingerprint density at radius 2 is 1.95 bits per heavy atom. The minimum atomic E-state index is 0. The zero-order valence-electron chi connectivity index (χ0n) is 11.1. The molecular weight excluding hydrogens is 258 g/mol. The van der Waals surface area contributed by atoms with Crippen molar-refractivity contribution in [2.24, 2.45) is 5.73 Å². The summed E-state index contributed by atoms with van der Waals surface area (Å²) in [6, 6.07) is 14.4. The SMILES string of the molecule is CCC(N)C/C(=C\c1ccco1)c1ccccc1.Cl. The second-order valence-electron chi connectivity index (χ2n) is 4.42. The molecular formula is C16H20ClNO. The van der Waals surface area contributed by atoms with Gasteiger partial charge >= 0.3 is 0 Å². The first-order valence-electron chi connectivity index (χ1n) is 6.34. The van der Waals surface area contributed by atoms with Gasteiger partial charge in [-0.15, -0.1) is 12.4 Å². The van der Waals surface area contributed by atoms with Gasteiger partial charge in [-0.25, -0.2) is 0 Å². The Balaban J connectivity index is 0.00000180. The highest BCUT2D eigenvalue weighted by Crippen LogP contribution is 2.23. The van der Waals surface area contributed by atoms with Crippen molar-refractivity contribution in [2.45, 2.75) is 25.8 Å². The molecule has 102 valence electrons. The molecule has 0 aliphatic carbocycles. The Morgan fingerprint density at radius 1 is 1.21 bits per heavy atom. The topological polar surface area (TPSA) is 39.2 Å². The summed E-state index contributed by atoms with van der Waals surface area (Å²) < 4.78 is 5.38. The smallest absolute Gasteiger partial charge is 0.126 e. The third-order valence-electron chi connectivity index (χ3n) is 3.01. The number of hydrogen-bond acceptors (Lipinski definition) is 2. The van der Waals surface area contributed by atoms with Crippen molar-refractivity contribution in [3.63, 3.8) is 0 Å². The molecule has 1 aromatic carbocycles. The third-order valence-corrected chi connectivity index (χ3v) is 3.01. The normalized spacial score (nSPS) is 12.8. The van der Waals surface area contributed by atoms with Crippen LogP contribution >= 0.6 is 12.4 Å². The van der Waals surface area contributed by atoms with Gasteiger partial charge in [0.2, 0.25) is 0 Å². The maximum absolute atomic E-state index is 6.07. The van der Waals surface area contributed by atoms with Gasteiger partial charge in [-0.3, -0.25) is 0 Å². The molecule has 1 atom stereocenters. The minimum absolute atomic E-state index is 0. The lowest BCUT2D eigenvalue weighted by Crippen LogP contribution is -2.18. The average molecular weight is 278 g/mol. The highest BCUT2D eigenvalue weighted by Gasteiger charge is 2.07. The quantitative estimate of drug-likeness (QED) is 0.881. The molecule has 0 amide bonds. The van der Waals surface area contributed by atoms with E-state index >= 15 is 0 Å². The van der Waals surface area contributed by atoms with Crippen molar-refractivity contribution in [1.29, 1.82) is 0 Å². The van der Waals surface area contributed by atoms with Gasteiger partial charge in [-0.1, -0.05) is 37.3 Å². The Kier molecular flexibility index (Phi) is 6.40. The summed E-state index contributed by atoms with van der Waals surface area (Å²) in [4.78, 5) is 0. The highest BCUT2D eigenvalue weighted by atomic mass is 35.5. The van der Waals surface area contributed by atoms with Crippen LogP contribution < -0.4 is 5.73 Å². The van der Waals surface area contributed by atoms with E-state index in [4.69, 9.17) is 10.2 Å². The Bertz CT molecular complexity index is 491. The first-order chi connectivity index (χ1) is 8.79. The van der Waals surface area contributed by atoms with Crippen molar-refractivity contribution in [2.75, 3.05) is 0 Å². The van der Waals surface area contributed by atoms with Gasteiger partial charge in [0.1, 0.15) is 5.76 Å². The van der Waals surface area contributed by atoms with E-state index in [2.05, 4.69) is 25.1 Å². The molecule has 0 aliphatic heterocycles. The summed E-state index contributed by atoms with van der Waals surface area (Å²) in [6.45, 7) is 2.11. The molecule has 2 nitrogen and oxygen atoms in total. The van der Waals surface area contributed by atoms with E-state index < -0.39 is 0 Å². The van der Waals surface area contributed by atoms with Crippen molar-refractivity contribution >= 4 is 24.1 Å². The van der Waals surface area contributed by atoms with Gasteiger partial charge in [0.15, 0.2) is 0 Å². The molecule has 3 heteroatoms. The molecule has 0 radical (unpaired) electrons. The first kappa shape index (κ1) is 15.5. The zero-order valence-corrected chi connectivity index (χ0v) is 11.9. The molecule has 1 unspecified atom stereocenters. The predicted octanol–water partition coefficient (Wildman–Crippen LogP) is 4.37. The molecule has 1 aromatic heterocycles. The molecule has 2 N–H and O–H groups in total. The second kappa shape index (κ2) is 7.82. The zero-order chi connectivity index (χ0) is 12.8. The van der Waals surface area contributed by atoms with Crippen LogP contribution in [0.3, 0.4) is 0 Å². The van der Waals surface area contributed by atoms with Crippen molar-refractivity contribution < 1.29 is 4.42 Å². The maximum Gasteiger partial charge on any atom is 0.126 e. The van der Waals surface area contributed by atoms with E-state index in [0.717, 1.165) is 18.6 Å². The standard InChI is InChI=1S/C16H19NO.ClH/c1-2-15(17)11-14(12-16-9-6-10-18-16)13-7-4-3-5-8-13;/h3-10,12,15H,2,11,17H2,1H3;1H/b14-12+;. The number of rotatable bonds is 5. The van der Waals surface area contributed by atoms with Crippen LogP contribution in [-0.2, 0) is 0 Å². The number of halogens is 1. The lowest BCUT2D eigenvalue weighted by Gasteiger charge is -2.12. The Hall–Kier alpha value is -1.51. The van der Waals surface area contributed by atoms with Gasteiger partial charge in [0.05, 0.1) is 6.26 Å². The van der Waals surface area contributed by atoms with E-state index in [1.165, 1.54) is 11.1 Å². The average Bonchev–Trinajstić information content (AvgIpc) is 2.92. The Morgan fingerprint density at radius 3 is 2.53 bits per heavy atom. The maximum atomic E-state index is 6.07. The lowest BCUT2D eigenvalue weighted by atomic mass is 9.97. The lowest BCUT2D eigenvalue weighted by molar-refractivity contribution is 0.557. The second-order valence-corrected chi connectivity index (χ2v) is 4.42. The fourth-order valence-corrected chi connectivity index (χ4v) is 1.88. The van der Waals surface area contributed by atoms with Gasteiger partial charge in [-0.05, 0) is 42.2 Å². The van der Waals surface area contributed by atoms with Crippen LogP contribution in [0, 0.1) is 0 Å². The number of furan rings is 1. The molecule has 0 spiro atoms. The van der Waals surface area contributed by atoms with E-state index in [1.54, 1.807) is 6.26 Å². The van der Waals surface area contributed by atoms with Crippen molar-refractivity contribution in [3.8, 4) is 0 Å². The molecule has 0 saturated heterocycles. The van der Waals surface area contributed by atoms with Gasteiger partial charge in [-0.2, -0.15) is 0 Å². The summed E-state index contributed by atoms with van der Waals surface area (Å²) in [5.74, 6) is 0.872. The molecule has 0 aliphatic rings. The molecule has 2 aromatic rings. The van der Waals surface area contributed by atoms with Crippen LogP contribution in [0.4, 0.5) is 0 Å². The number of benzene rings is 1. The van der Waals surface area contributed by atoms with Crippen molar-refractivity contribution in [1.82, 2.24) is 0 Å². The number of hydrogen-bond donors (Lipinski definition) is 1. The van der Waals surface area contributed by atoms with Crippen LogP contribution in [-0.4, -0.2) is 6.04 Å². The van der Waals surface area contributed by atoms with Gasteiger partial charge < -0.3 is 10.2 Å². The largest absolute Gasteiger partial charge is 0.465 e. The molecule has 0 fully saturated rings. The summed E-state index contributed by atoms with van der Waals surface area (Å²) in [7, 11) is 0. The summed E-state index contributed by atoms with van der Waals surface area (Å²) >= 11 is 0. The highest BCUT2D eigenvalue weighted by molar-refractivity contribution is 5.85. The van der Waals surface area contributed by atoms with Crippen LogP contribution in [0.5, 0.6) is 0 Å². The van der Waals surface area contributed by atoms with Gasteiger partial charge in [0.25, 0.3) is 0 Å². The Labute approximate surface area is 120 Å². The van der Waals surface area contributed by atoms with Crippen LogP contribution in [0.2, 0.25) is 0 Å². The monoisotopic (exact) mass is 277 g/mol. The van der Waals surface area contributed by atoms with E-state index in [-0.39, 0.29) is 18.4 Å². The van der Waals surface area contributed by atoms with E-state index in [9.17, 15) is 0 Å². The molecule has 0 saturated carbocycles. The third kappa shape index (κ3) is 4.58. The molecule has 0 bridgehead atoms. The fourth-order valence-electron chi connectivity index (χ4n) is 1.88. The van der Waals surface area contributed by atoms with Gasteiger partial charge in [0, 0.05) is 6.04 Å². The summed E-state index contributed by atoms with van der Waals surface area (Å²) in [6.07, 6.45) is 5.60. The number of nitrogens with two attached hydrogens (primary N) is 1. The fraction of sp³-hybridized carbons (Fsp3) is 0.250.